The molecule has 0 aliphatic rings. The van der Waals surface area contributed by atoms with E-state index in [1.165, 1.54) is 0 Å². The zero-order valence-corrected chi connectivity index (χ0v) is 19.3. The van der Waals surface area contributed by atoms with Crippen molar-refractivity contribution in [1.29, 1.82) is 0 Å². The van der Waals surface area contributed by atoms with Crippen molar-refractivity contribution in [3.63, 3.8) is 0 Å². The monoisotopic (exact) mass is 527 g/mol. The van der Waals surface area contributed by atoms with Gasteiger partial charge in [0.1, 0.15) is 5.75 Å². The van der Waals surface area contributed by atoms with Gasteiger partial charge in [0.05, 0.1) is 7.11 Å². The van der Waals surface area contributed by atoms with Crippen molar-refractivity contribution in [2.75, 3.05) is 20.7 Å². The number of hydrogen-bond acceptors (Lipinski definition) is 5. The third kappa shape index (κ3) is 6.60. The lowest BCUT2D eigenvalue weighted by molar-refractivity contribution is 0.378. The lowest BCUT2D eigenvalue weighted by Crippen LogP contribution is -2.37. The molecule has 2 aromatic carbocycles. The second-order valence-electron chi connectivity index (χ2n) is 5.93. The number of halogens is 2. The molecule has 0 spiro atoms. The Morgan fingerprint density at radius 3 is 2.62 bits per heavy atom. The minimum absolute atomic E-state index is 0. The van der Waals surface area contributed by atoms with Crippen molar-refractivity contribution < 1.29 is 9.26 Å². The summed E-state index contributed by atoms with van der Waals surface area (Å²) in [7, 11) is 3.39. The van der Waals surface area contributed by atoms with Crippen LogP contribution < -0.4 is 15.4 Å². The number of ether oxygens (including phenoxy) is 1. The van der Waals surface area contributed by atoms with Crippen LogP contribution in [0.2, 0.25) is 5.02 Å². The van der Waals surface area contributed by atoms with Gasteiger partial charge in [0.15, 0.2) is 5.96 Å². The molecule has 3 rings (SSSR count). The molecular weight excluding hydrogens is 505 g/mol. The quantitative estimate of drug-likeness (QED) is 0.275. The number of para-hydroxylation sites is 1. The highest BCUT2D eigenvalue weighted by Gasteiger charge is 2.09. The van der Waals surface area contributed by atoms with E-state index < -0.39 is 0 Å². The van der Waals surface area contributed by atoms with Crippen molar-refractivity contribution in [3.05, 3.63) is 65.0 Å². The Bertz CT molecular complexity index is 931. The van der Waals surface area contributed by atoms with Gasteiger partial charge < -0.3 is 19.9 Å². The number of nitrogens with zero attached hydrogens (tertiary/aromatic N) is 3. The molecule has 3 aromatic rings. The molecule has 1 aromatic heterocycles. The molecule has 9 heteroatoms. The highest BCUT2D eigenvalue weighted by atomic mass is 127. The molecule has 2 N–H and O–H groups in total. The van der Waals surface area contributed by atoms with E-state index in [0.717, 1.165) is 16.9 Å². The number of benzene rings is 2. The Morgan fingerprint density at radius 2 is 1.90 bits per heavy atom. The van der Waals surface area contributed by atoms with Crippen LogP contribution in [-0.4, -0.2) is 36.8 Å². The fourth-order valence-corrected chi connectivity index (χ4v) is 2.74. The van der Waals surface area contributed by atoms with Gasteiger partial charge >= 0.3 is 0 Å². The van der Waals surface area contributed by atoms with E-state index in [9.17, 15) is 0 Å². The van der Waals surface area contributed by atoms with Crippen molar-refractivity contribution >= 4 is 41.5 Å². The van der Waals surface area contributed by atoms with Gasteiger partial charge in [0.25, 0.3) is 0 Å². The summed E-state index contributed by atoms with van der Waals surface area (Å²) in [5, 5.41) is 11.2. The summed E-state index contributed by atoms with van der Waals surface area (Å²) in [6.45, 7) is 1.21. The second kappa shape index (κ2) is 11.6. The lowest BCUT2D eigenvalue weighted by atomic mass is 10.2. The van der Waals surface area contributed by atoms with Crippen molar-refractivity contribution in [1.82, 2.24) is 20.8 Å². The summed E-state index contributed by atoms with van der Waals surface area (Å²) < 4.78 is 10.7. The number of rotatable bonds is 7. The van der Waals surface area contributed by atoms with Gasteiger partial charge in [-0.25, -0.2) is 0 Å². The summed E-state index contributed by atoms with van der Waals surface area (Å²) in [6, 6.07) is 15.2. The van der Waals surface area contributed by atoms with E-state index in [-0.39, 0.29) is 24.0 Å². The minimum Gasteiger partial charge on any atom is -0.496 e. The SMILES string of the molecule is CN=C(NCCc1nc(-c2ccc(Cl)cc2)no1)NCc1ccccc1OC.I. The van der Waals surface area contributed by atoms with Gasteiger partial charge in [0, 0.05) is 42.7 Å². The first-order valence-electron chi connectivity index (χ1n) is 8.84. The fraction of sp³-hybridized carbons (Fsp3) is 0.250. The molecule has 154 valence electrons. The number of aliphatic imine (C=N–C) groups is 1. The van der Waals surface area contributed by atoms with Crippen molar-refractivity contribution in [2.45, 2.75) is 13.0 Å². The predicted octanol–water partition coefficient (Wildman–Crippen LogP) is 3.92. The number of methoxy groups -OCH3 is 1. The van der Waals surface area contributed by atoms with Crippen LogP contribution in [0, 0.1) is 0 Å². The Labute approximate surface area is 191 Å². The van der Waals surface area contributed by atoms with E-state index >= 15 is 0 Å². The molecule has 0 aliphatic carbocycles. The summed E-state index contributed by atoms with van der Waals surface area (Å²) in [5.74, 6) is 2.62. The molecule has 0 bridgehead atoms. The molecule has 0 saturated heterocycles. The third-order valence-corrected chi connectivity index (χ3v) is 4.32. The van der Waals surface area contributed by atoms with Gasteiger partial charge in [-0.05, 0) is 30.3 Å². The molecule has 0 radical (unpaired) electrons. The molecule has 0 saturated carbocycles. The maximum Gasteiger partial charge on any atom is 0.228 e. The normalized spacial score (nSPS) is 10.9. The average Bonchev–Trinajstić information content (AvgIpc) is 3.20. The predicted molar refractivity (Wildman–Crippen MR) is 125 cm³/mol. The zero-order valence-electron chi connectivity index (χ0n) is 16.2. The van der Waals surface area contributed by atoms with E-state index in [1.54, 1.807) is 26.3 Å². The number of aromatic nitrogens is 2. The fourth-order valence-electron chi connectivity index (χ4n) is 2.61. The topological polar surface area (TPSA) is 84.6 Å². The third-order valence-electron chi connectivity index (χ3n) is 4.06. The molecule has 1 heterocycles. The highest BCUT2D eigenvalue weighted by molar-refractivity contribution is 14.0. The largest absolute Gasteiger partial charge is 0.496 e. The van der Waals surface area contributed by atoms with Crippen LogP contribution in [0.3, 0.4) is 0 Å². The van der Waals surface area contributed by atoms with E-state index in [1.807, 2.05) is 36.4 Å². The second-order valence-corrected chi connectivity index (χ2v) is 6.37. The molecule has 29 heavy (non-hydrogen) atoms. The maximum atomic E-state index is 5.90. The summed E-state index contributed by atoms with van der Waals surface area (Å²) in [6.07, 6.45) is 0.579. The first-order valence-corrected chi connectivity index (χ1v) is 9.22. The minimum atomic E-state index is 0. The number of hydrogen-bond donors (Lipinski definition) is 2. The smallest absolute Gasteiger partial charge is 0.228 e. The van der Waals surface area contributed by atoms with Crippen LogP contribution in [0.1, 0.15) is 11.5 Å². The average molecular weight is 528 g/mol. The number of nitrogens with one attached hydrogen (secondary N) is 2. The van der Waals surface area contributed by atoms with Crippen molar-refractivity contribution in [3.8, 4) is 17.1 Å². The van der Waals surface area contributed by atoms with Gasteiger partial charge in [-0.3, -0.25) is 4.99 Å². The number of guanidine groups is 1. The molecule has 7 nitrogen and oxygen atoms in total. The Hall–Kier alpha value is -2.33. The van der Waals surface area contributed by atoms with E-state index in [4.69, 9.17) is 20.9 Å². The van der Waals surface area contributed by atoms with Crippen LogP contribution in [0.15, 0.2) is 58.0 Å². The first-order chi connectivity index (χ1) is 13.7. The summed E-state index contributed by atoms with van der Waals surface area (Å²) in [5.41, 5.74) is 1.92. The summed E-state index contributed by atoms with van der Waals surface area (Å²) >= 11 is 5.90. The van der Waals surface area contributed by atoms with Crippen LogP contribution in [0.4, 0.5) is 0 Å². The van der Waals surface area contributed by atoms with E-state index in [2.05, 4.69) is 25.8 Å². The van der Waals surface area contributed by atoms with Gasteiger partial charge in [0.2, 0.25) is 11.7 Å². The van der Waals surface area contributed by atoms with Crippen LogP contribution in [0.25, 0.3) is 11.4 Å². The van der Waals surface area contributed by atoms with Crippen LogP contribution >= 0.6 is 35.6 Å². The summed E-state index contributed by atoms with van der Waals surface area (Å²) in [4.78, 5) is 8.64. The molecule has 0 amide bonds. The molecule has 0 aliphatic heterocycles. The molecule has 0 atom stereocenters. The Balaban J connectivity index is 0.00000300. The van der Waals surface area contributed by atoms with Gasteiger partial charge in [-0.1, -0.05) is 35.0 Å². The molecular formula is C20H23ClIN5O2. The Morgan fingerprint density at radius 1 is 1.14 bits per heavy atom. The maximum absolute atomic E-state index is 5.90. The van der Waals surface area contributed by atoms with Gasteiger partial charge in [-0.2, -0.15) is 4.98 Å². The first kappa shape index (κ1) is 23.0. The van der Waals surface area contributed by atoms with Crippen LogP contribution in [0.5, 0.6) is 5.75 Å². The van der Waals surface area contributed by atoms with Crippen LogP contribution in [-0.2, 0) is 13.0 Å². The standard InChI is InChI=1S/C20H22ClN5O2.HI/c1-22-20(24-13-15-5-3-4-6-17(15)27-2)23-12-11-18-25-19(26-28-18)14-7-9-16(21)10-8-14;/h3-10H,11-13H2,1-2H3,(H2,22,23,24);1H. The lowest BCUT2D eigenvalue weighted by Gasteiger charge is -2.13. The zero-order chi connectivity index (χ0) is 19.8. The van der Waals surface area contributed by atoms with Gasteiger partial charge in [-0.15, -0.1) is 24.0 Å². The molecule has 0 fully saturated rings. The molecule has 0 unspecified atom stereocenters. The van der Waals surface area contributed by atoms with Crippen molar-refractivity contribution in [2.24, 2.45) is 4.99 Å². The van der Waals surface area contributed by atoms with E-state index in [0.29, 0.717) is 42.2 Å². The Kier molecular flexibility index (Phi) is 9.20. The highest BCUT2D eigenvalue weighted by Crippen LogP contribution is 2.19.